The smallest absolute Gasteiger partial charge is 0.0243 e. The Labute approximate surface area is 202 Å². The number of hydrogen-bond donors (Lipinski definition) is 0. The molecule has 2 heteroatoms. The molecule has 0 saturated heterocycles. The Morgan fingerprint density at radius 2 is 1.16 bits per heavy atom. The summed E-state index contributed by atoms with van der Waals surface area (Å²) in [7, 11) is 4.30. The van der Waals surface area contributed by atoms with Crippen LogP contribution >= 0.6 is 0 Å². The van der Waals surface area contributed by atoms with Gasteiger partial charge in [-0.25, -0.2) is 0 Å². The van der Waals surface area contributed by atoms with E-state index >= 15 is 0 Å². The largest absolute Gasteiger partial charge is 0.308 e. The first-order valence-electron chi connectivity index (χ1n) is 12.9. The number of likely N-dealkylation sites (N-methyl/N-ethyl adjacent to an activating group) is 1. The number of hydrogen-bond acceptors (Lipinski definition) is 2. The minimum atomic E-state index is 1.01. The van der Waals surface area contributed by atoms with Crippen LogP contribution in [-0.2, 0) is 19.5 Å². The summed E-state index contributed by atoms with van der Waals surface area (Å²) in [5.41, 5.74) is 7.11. The Morgan fingerprint density at radius 1 is 0.656 bits per heavy atom. The highest BCUT2D eigenvalue weighted by atomic mass is 15.2. The van der Waals surface area contributed by atoms with Crippen LogP contribution in [0, 0.1) is 13.8 Å². The van der Waals surface area contributed by atoms with E-state index in [1.807, 2.05) is 27.7 Å². The Morgan fingerprint density at radius 3 is 1.62 bits per heavy atom. The van der Waals surface area contributed by atoms with E-state index in [1.54, 1.807) is 0 Å². The van der Waals surface area contributed by atoms with E-state index < -0.39 is 0 Å². The molecule has 2 aromatic rings. The summed E-state index contributed by atoms with van der Waals surface area (Å²) in [6, 6.07) is 15.6. The van der Waals surface area contributed by atoms with Crippen LogP contribution in [0.15, 0.2) is 42.5 Å². The predicted molar refractivity (Wildman–Crippen MR) is 148 cm³/mol. The maximum absolute atomic E-state index is 2.57. The quantitative estimate of drug-likeness (QED) is 0.385. The molecule has 2 rings (SSSR count). The molecule has 0 aliphatic rings. The van der Waals surface area contributed by atoms with Crippen molar-refractivity contribution in [2.75, 3.05) is 27.2 Å². The van der Waals surface area contributed by atoms with Gasteiger partial charge in [-0.1, -0.05) is 104 Å². The topological polar surface area (TPSA) is 6.48 Å². The van der Waals surface area contributed by atoms with Crippen molar-refractivity contribution in [1.82, 2.24) is 9.80 Å². The standard InChI is InChI=1S/C22H32N2.C4H10.2C2H6/c1-6-20-11-8-12-21(15-20)16-24(14-13-23(4)5)17-22-18(2)9-7-10-19(22)3;1-3-4-2;2*1-2/h7-12,15H,6,13-14,16-17H2,1-5H3;3-4H2,1-2H3;2*1-2H3. The fourth-order valence-corrected chi connectivity index (χ4v) is 3.08. The van der Waals surface area contributed by atoms with E-state index in [0.717, 1.165) is 32.6 Å². The molecule has 0 heterocycles. The molecule has 184 valence electrons. The third-order valence-corrected chi connectivity index (χ3v) is 5.20. The lowest BCUT2D eigenvalue weighted by Gasteiger charge is -2.26. The predicted octanol–water partition coefficient (Wildman–Crippen LogP) is 8.29. The summed E-state index contributed by atoms with van der Waals surface area (Å²) in [6.07, 6.45) is 3.74. The third-order valence-electron chi connectivity index (χ3n) is 5.20. The van der Waals surface area contributed by atoms with Crippen LogP contribution in [0.3, 0.4) is 0 Å². The molecule has 0 saturated carbocycles. The van der Waals surface area contributed by atoms with Crippen molar-refractivity contribution in [3.8, 4) is 0 Å². The van der Waals surface area contributed by atoms with Gasteiger partial charge in [0.15, 0.2) is 0 Å². The number of benzene rings is 2. The minimum Gasteiger partial charge on any atom is -0.308 e. The molecule has 0 spiro atoms. The maximum atomic E-state index is 2.57. The van der Waals surface area contributed by atoms with Gasteiger partial charge in [0.2, 0.25) is 0 Å². The van der Waals surface area contributed by atoms with E-state index in [0.29, 0.717) is 0 Å². The van der Waals surface area contributed by atoms with E-state index in [-0.39, 0.29) is 0 Å². The van der Waals surface area contributed by atoms with Crippen LogP contribution in [0.1, 0.15) is 89.1 Å². The van der Waals surface area contributed by atoms with Crippen molar-refractivity contribution < 1.29 is 0 Å². The van der Waals surface area contributed by atoms with Crippen LogP contribution in [0.5, 0.6) is 0 Å². The SMILES string of the molecule is CC.CC.CCCC.CCc1cccc(CN(CCN(C)C)Cc2c(C)cccc2C)c1. The average Bonchev–Trinajstić information content (AvgIpc) is 2.82. The summed E-state index contributed by atoms with van der Waals surface area (Å²) in [5.74, 6) is 0. The monoisotopic (exact) mass is 442 g/mol. The van der Waals surface area contributed by atoms with Crippen molar-refractivity contribution in [2.45, 2.75) is 94.7 Å². The number of unbranched alkanes of at least 4 members (excludes halogenated alkanes) is 1. The van der Waals surface area contributed by atoms with Crippen LogP contribution in [0.4, 0.5) is 0 Å². The van der Waals surface area contributed by atoms with Gasteiger partial charge >= 0.3 is 0 Å². The van der Waals surface area contributed by atoms with Gasteiger partial charge < -0.3 is 4.90 Å². The van der Waals surface area contributed by atoms with E-state index in [2.05, 4.69) is 101 Å². The minimum absolute atomic E-state index is 1.01. The zero-order chi connectivity index (χ0) is 24.9. The molecule has 0 aliphatic heterocycles. The highest BCUT2D eigenvalue weighted by Crippen LogP contribution is 2.18. The Hall–Kier alpha value is -1.64. The van der Waals surface area contributed by atoms with Gasteiger partial charge in [-0.05, 0) is 62.2 Å². The fraction of sp³-hybridized carbons (Fsp3) is 0.600. The van der Waals surface area contributed by atoms with Gasteiger partial charge in [-0.2, -0.15) is 0 Å². The molecule has 0 atom stereocenters. The lowest BCUT2D eigenvalue weighted by atomic mass is 10.0. The molecule has 2 aromatic carbocycles. The van der Waals surface area contributed by atoms with Crippen molar-refractivity contribution in [3.63, 3.8) is 0 Å². The fourth-order valence-electron chi connectivity index (χ4n) is 3.08. The zero-order valence-corrected chi connectivity index (χ0v) is 23.4. The average molecular weight is 443 g/mol. The molecule has 32 heavy (non-hydrogen) atoms. The van der Waals surface area contributed by atoms with Crippen LogP contribution in [0.2, 0.25) is 0 Å². The molecule has 0 bridgehead atoms. The van der Waals surface area contributed by atoms with Crippen LogP contribution < -0.4 is 0 Å². The third kappa shape index (κ3) is 14.4. The lowest BCUT2D eigenvalue weighted by Crippen LogP contribution is -2.31. The van der Waals surface area contributed by atoms with Crippen molar-refractivity contribution in [3.05, 3.63) is 70.3 Å². The summed E-state index contributed by atoms with van der Waals surface area (Å²) < 4.78 is 0. The highest BCUT2D eigenvalue weighted by Gasteiger charge is 2.11. The van der Waals surface area contributed by atoms with Crippen molar-refractivity contribution in [1.29, 1.82) is 0 Å². The Balaban J connectivity index is 0. The molecule has 0 fully saturated rings. The molecular weight excluding hydrogens is 388 g/mol. The second-order valence-corrected chi connectivity index (χ2v) is 8.06. The van der Waals surface area contributed by atoms with E-state index in [1.165, 1.54) is 40.7 Å². The number of aryl methyl sites for hydroxylation is 3. The van der Waals surface area contributed by atoms with Gasteiger partial charge in [-0.15, -0.1) is 0 Å². The van der Waals surface area contributed by atoms with Gasteiger partial charge in [0.05, 0.1) is 0 Å². The normalized spacial score (nSPS) is 9.91. The first kappa shape index (κ1) is 32.5. The lowest BCUT2D eigenvalue weighted by molar-refractivity contribution is 0.225. The molecule has 0 amide bonds. The van der Waals surface area contributed by atoms with Crippen LogP contribution in [0.25, 0.3) is 0 Å². The second-order valence-electron chi connectivity index (χ2n) is 8.06. The Bertz CT molecular complexity index is 654. The first-order chi connectivity index (χ1) is 15.4. The zero-order valence-electron chi connectivity index (χ0n) is 23.4. The van der Waals surface area contributed by atoms with E-state index in [4.69, 9.17) is 0 Å². The summed E-state index contributed by atoms with van der Waals surface area (Å²) >= 11 is 0. The second kappa shape index (κ2) is 21.2. The Kier molecular flexibility index (Phi) is 21.6. The molecule has 0 unspecified atom stereocenters. The number of rotatable bonds is 9. The molecule has 0 N–H and O–H groups in total. The first-order valence-corrected chi connectivity index (χ1v) is 12.9. The summed E-state index contributed by atoms with van der Waals surface area (Å²) in [6.45, 7) is 23.2. The molecule has 0 radical (unpaired) electrons. The van der Waals surface area contributed by atoms with Crippen molar-refractivity contribution >= 4 is 0 Å². The summed E-state index contributed by atoms with van der Waals surface area (Å²) in [5, 5.41) is 0. The van der Waals surface area contributed by atoms with Gasteiger partial charge in [0.25, 0.3) is 0 Å². The van der Waals surface area contributed by atoms with Crippen molar-refractivity contribution in [2.24, 2.45) is 0 Å². The van der Waals surface area contributed by atoms with Crippen LogP contribution in [-0.4, -0.2) is 37.0 Å². The molecule has 0 aliphatic carbocycles. The molecule has 0 aromatic heterocycles. The van der Waals surface area contributed by atoms with Gasteiger partial charge in [-0.3, -0.25) is 4.90 Å². The van der Waals surface area contributed by atoms with E-state index in [9.17, 15) is 0 Å². The highest BCUT2D eigenvalue weighted by molar-refractivity contribution is 5.33. The maximum Gasteiger partial charge on any atom is 0.0243 e. The van der Waals surface area contributed by atoms with Gasteiger partial charge in [0.1, 0.15) is 0 Å². The summed E-state index contributed by atoms with van der Waals surface area (Å²) in [4.78, 5) is 4.84. The molecule has 2 nitrogen and oxygen atoms in total. The number of nitrogens with zero attached hydrogens (tertiary/aromatic N) is 2. The molecular formula is C30H54N2. The van der Waals surface area contributed by atoms with Gasteiger partial charge in [0, 0.05) is 26.2 Å².